The molecule has 0 aromatic heterocycles. The van der Waals surface area contributed by atoms with Crippen molar-refractivity contribution < 1.29 is 13.2 Å². The van der Waals surface area contributed by atoms with Gasteiger partial charge in [-0.15, -0.1) is 0 Å². The normalized spacial score (nSPS) is 22.0. The molecule has 3 heterocycles. The van der Waals surface area contributed by atoms with Crippen LogP contribution in [0.5, 0.6) is 0 Å². The number of carbonyl (C=O) groups excluding carboxylic acids is 1. The van der Waals surface area contributed by atoms with Gasteiger partial charge in [0, 0.05) is 49.9 Å². The summed E-state index contributed by atoms with van der Waals surface area (Å²) in [6, 6.07) is 5.28. The van der Waals surface area contributed by atoms with E-state index in [0.717, 1.165) is 61.5 Å². The highest BCUT2D eigenvalue weighted by Crippen LogP contribution is 2.32. The Bertz CT molecular complexity index is 800. The molecule has 0 radical (unpaired) electrons. The number of nitrogens with zero attached hydrogens (tertiary/aromatic N) is 3. The lowest BCUT2D eigenvalue weighted by molar-refractivity contribution is -0.119. The summed E-state index contributed by atoms with van der Waals surface area (Å²) in [6.07, 6.45) is 3.69. The Kier molecular flexibility index (Phi) is 5.78. The summed E-state index contributed by atoms with van der Waals surface area (Å²) >= 11 is 1.93. The number of amides is 1. The SMILES string of the molecule is O=C(CN1CCSCC1)N1CCc2cc(S(=O)(=O)N3CCCCC3)ccc21. The minimum absolute atomic E-state index is 0.118. The van der Waals surface area contributed by atoms with E-state index in [1.807, 2.05) is 22.7 Å². The molecule has 4 rings (SSSR count). The molecule has 148 valence electrons. The Morgan fingerprint density at radius 2 is 1.74 bits per heavy atom. The lowest BCUT2D eigenvalue weighted by Crippen LogP contribution is -2.42. The van der Waals surface area contributed by atoms with Gasteiger partial charge in [-0.1, -0.05) is 6.42 Å². The molecule has 0 unspecified atom stereocenters. The number of sulfonamides is 1. The lowest BCUT2D eigenvalue weighted by Gasteiger charge is -2.28. The highest BCUT2D eigenvalue weighted by Gasteiger charge is 2.30. The van der Waals surface area contributed by atoms with E-state index in [4.69, 9.17) is 0 Å². The van der Waals surface area contributed by atoms with E-state index in [1.165, 1.54) is 0 Å². The van der Waals surface area contributed by atoms with Crippen molar-refractivity contribution in [3.8, 4) is 0 Å². The highest BCUT2D eigenvalue weighted by molar-refractivity contribution is 7.99. The van der Waals surface area contributed by atoms with Crippen LogP contribution >= 0.6 is 11.8 Å². The molecule has 1 aromatic carbocycles. The van der Waals surface area contributed by atoms with Crippen LogP contribution in [0.1, 0.15) is 24.8 Å². The molecule has 8 heteroatoms. The maximum absolute atomic E-state index is 12.9. The second-order valence-corrected chi connectivity index (χ2v) is 10.6. The topological polar surface area (TPSA) is 60.9 Å². The molecule has 0 saturated carbocycles. The third-order valence-electron chi connectivity index (χ3n) is 5.66. The van der Waals surface area contributed by atoms with Gasteiger partial charge >= 0.3 is 0 Å². The largest absolute Gasteiger partial charge is 0.311 e. The van der Waals surface area contributed by atoms with Crippen molar-refractivity contribution in [2.75, 3.05) is 55.7 Å². The first-order chi connectivity index (χ1) is 13.1. The highest BCUT2D eigenvalue weighted by atomic mass is 32.2. The maximum atomic E-state index is 12.9. The van der Waals surface area contributed by atoms with E-state index in [1.54, 1.807) is 16.4 Å². The van der Waals surface area contributed by atoms with E-state index >= 15 is 0 Å². The fourth-order valence-electron chi connectivity index (χ4n) is 4.09. The molecule has 2 fully saturated rings. The first-order valence-corrected chi connectivity index (χ1v) is 12.4. The van der Waals surface area contributed by atoms with E-state index in [2.05, 4.69) is 4.90 Å². The van der Waals surface area contributed by atoms with E-state index in [-0.39, 0.29) is 5.91 Å². The van der Waals surface area contributed by atoms with Crippen molar-refractivity contribution in [2.45, 2.75) is 30.6 Å². The summed E-state index contributed by atoms with van der Waals surface area (Å²) in [5, 5.41) is 0. The van der Waals surface area contributed by atoms with Gasteiger partial charge in [0.1, 0.15) is 0 Å². The van der Waals surface area contributed by atoms with Crippen molar-refractivity contribution >= 4 is 33.4 Å². The molecule has 0 spiro atoms. The summed E-state index contributed by atoms with van der Waals surface area (Å²) in [4.78, 5) is 17.2. The first kappa shape index (κ1) is 19.2. The van der Waals surface area contributed by atoms with Gasteiger partial charge in [-0.2, -0.15) is 16.1 Å². The lowest BCUT2D eigenvalue weighted by atomic mass is 10.2. The molecule has 6 nitrogen and oxygen atoms in total. The summed E-state index contributed by atoms with van der Waals surface area (Å²) in [6.45, 7) is 4.24. The number of hydrogen-bond acceptors (Lipinski definition) is 5. The Morgan fingerprint density at radius 3 is 2.48 bits per heavy atom. The van der Waals surface area contributed by atoms with Crippen LogP contribution in [0.15, 0.2) is 23.1 Å². The van der Waals surface area contributed by atoms with Crippen molar-refractivity contribution in [1.82, 2.24) is 9.21 Å². The molecule has 0 N–H and O–H groups in total. The molecule has 1 amide bonds. The van der Waals surface area contributed by atoms with Crippen LogP contribution in [0.2, 0.25) is 0 Å². The maximum Gasteiger partial charge on any atom is 0.243 e. The van der Waals surface area contributed by atoms with Crippen LogP contribution in [-0.4, -0.2) is 74.3 Å². The zero-order chi connectivity index (χ0) is 18.9. The Labute approximate surface area is 165 Å². The molecule has 2 saturated heterocycles. The predicted molar refractivity (Wildman–Crippen MR) is 109 cm³/mol. The first-order valence-electron chi connectivity index (χ1n) is 9.79. The summed E-state index contributed by atoms with van der Waals surface area (Å²) in [7, 11) is -3.42. The van der Waals surface area contributed by atoms with Crippen molar-refractivity contribution in [2.24, 2.45) is 0 Å². The van der Waals surface area contributed by atoms with Crippen molar-refractivity contribution in [3.05, 3.63) is 23.8 Å². The Balaban J connectivity index is 1.49. The van der Waals surface area contributed by atoms with Crippen molar-refractivity contribution in [3.63, 3.8) is 0 Å². The van der Waals surface area contributed by atoms with Crippen LogP contribution in [0.3, 0.4) is 0 Å². The van der Waals surface area contributed by atoms with E-state index in [9.17, 15) is 13.2 Å². The fraction of sp³-hybridized carbons (Fsp3) is 0.632. The molecule has 0 bridgehead atoms. The van der Waals surface area contributed by atoms with E-state index in [0.29, 0.717) is 31.1 Å². The van der Waals surface area contributed by atoms with Gasteiger partial charge in [0.25, 0.3) is 0 Å². The minimum Gasteiger partial charge on any atom is -0.311 e. The summed E-state index contributed by atoms with van der Waals surface area (Å²) in [5.74, 6) is 2.29. The number of anilines is 1. The predicted octanol–water partition coefficient (Wildman–Crippen LogP) is 1.80. The van der Waals surface area contributed by atoms with Crippen LogP contribution in [0, 0.1) is 0 Å². The van der Waals surface area contributed by atoms with Crippen LogP contribution in [-0.2, 0) is 21.2 Å². The number of hydrogen-bond donors (Lipinski definition) is 0. The van der Waals surface area contributed by atoms with Gasteiger partial charge in [-0.3, -0.25) is 9.69 Å². The van der Waals surface area contributed by atoms with Crippen LogP contribution in [0.25, 0.3) is 0 Å². The average molecular weight is 410 g/mol. The Hall–Kier alpha value is -1.09. The number of benzene rings is 1. The van der Waals surface area contributed by atoms with Crippen molar-refractivity contribution in [1.29, 1.82) is 0 Å². The summed E-state index contributed by atoms with van der Waals surface area (Å²) in [5.41, 5.74) is 1.85. The third-order valence-corrected chi connectivity index (χ3v) is 8.50. The van der Waals surface area contributed by atoms with E-state index < -0.39 is 10.0 Å². The molecule has 3 aliphatic heterocycles. The van der Waals surface area contributed by atoms with Gasteiger partial charge in [-0.25, -0.2) is 8.42 Å². The number of rotatable bonds is 4. The quantitative estimate of drug-likeness (QED) is 0.759. The van der Waals surface area contributed by atoms with Crippen LogP contribution in [0.4, 0.5) is 5.69 Å². The zero-order valence-corrected chi connectivity index (χ0v) is 17.2. The fourth-order valence-corrected chi connectivity index (χ4v) is 6.63. The van der Waals surface area contributed by atoms with Gasteiger partial charge in [-0.05, 0) is 43.0 Å². The Morgan fingerprint density at radius 1 is 1.00 bits per heavy atom. The molecule has 0 aliphatic carbocycles. The third kappa shape index (κ3) is 4.04. The molecule has 27 heavy (non-hydrogen) atoms. The van der Waals surface area contributed by atoms with Crippen LogP contribution < -0.4 is 4.90 Å². The molecule has 1 aromatic rings. The van der Waals surface area contributed by atoms with Gasteiger partial charge in [0.15, 0.2) is 0 Å². The van der Waals surface area contributed by atoms with Gasteiger partial charge < -0.3 is 4.90 Å². The molecule has 0 atom stereocenters. The smallest absolute Gasteiger partial charge is 0.243 e. The molecular weight excluding hydrogens is 382 g/mol. The summed E-state index contributed by atoms with van der Waals surface area (Å²) < 4.78 is 27.4. The number of fused-ring (bicyclic) bond motifs is 1. The second kappa shape index (κ2) is 8.11. The minimum atomic E-state index is -3.42. The average Bonchev–Trinajstić information content (AvgIpc) is 3.13. The number of carbonyl (C=O) groups is 1. The molecule has 3 aliphatic rings. The molecular formula is C19H27N3O3S2. The number of thioether (sulfide) groups is 1. The number of piperidine rings is 1. The van der Waals surface area contributed by atoms with Gasteiger partial charge in [0.2, 0.25) is 15.9 Å². The zero-order valence-electron chi connectivity index (χ0n) is 15.6. The van der Waals surface area contributed by atoms with Gasteiger partial charge in [0.05, 0.1) is 11.4 Å². The standard InChI is InChI=1S/C19H27N3O3S2/c23-19(15-20-10-12-26-13-11-20)22-9-6-16-14-17(4-5-18(16)22)27(24,25)21-7-2-1-3-8-21/h4-5,14H,1-3,6-13,15H2. The monoisotopic (exact) mass is 409 g/mol. The second-order valence-electron chi connectivity index (χ2n) is 7.44.